The van der Waals surface area contributed by atoms with Crippen LogP contribution in [0.1, 0.15) is 22.8 Å². The van der Waals surface area contributed by atoms with Crippen molar-refractivity contribution in [2.24, 2.45) is 0 Å². The molecule has 1 aromatic carbocycles. The number of hydrogen-bond donors (Lipinski definition) is 2. The van der Waals surface area contributed by atoms with Gasteiger partial charge in [0.15, 0.2) is 23.1 Å². The molecule has 9 heteroatoms. The van der Waals surface area contributed by atoms with Gasteiger partial charge in [-0.25, -0.2) is 13.8 Å². The molecule has 2 aromatic heterocycles. The van der Waals surface area contributed by atoms with E-state index in [1.807, 2.05) is 0 Å². The first-order valence-corrected chi connectivity index (χ1v) is 9.32. The Balaban J connectivity index is 2.02. The minimum Gasteiger partial charge on any atom is -0.389 e. The molecule has 1 saturated heterocycles. The third kappa shape index (κ3) is 3.25. The second-order valence-electron chi connectivity index (χ2n) is 7.46. The molecule has 3 heterocycles. The average molecular weight is 415 g/mol. The lowest BCUT2D eigenvalue weighted by Crippen LogP contribution is -2.24. The summed E-state index contributed by atoms with van der Waals surface area (Å²) < 4.78 is 30.5. The standard InChI is InChI=1S/C21H19F2N3O4/c1-10-5-14(22)19(15(23)6-10)26-7-13(11(2)27)20(30)12-3-4-18(24-21(12)26)25-8-16(28)17(29)9-25/h3-7,16-17,28-29H,8-9H2,1-2H3/t16-,17-/m1/s1. The van der Waals surface area contributed by atoms with Gasteiger partial charge in [0.05, 0.1) is 23.2 Å². The number of anilines is 1. The van der Waals surface area contributed by atoms with Crippen LogP contribution < -0.4 is 10.3 Å². The maximum absolute atomic E-state index is 14.7. The Morgan fingerprint density at radius 2 is 1.73 bits per heavy atom. The molecule has 30 heavy (non-hydrogen) atoms. The van der Waals surface area contributed by atoms with Gasteiger partial charge in [0, 0.05) is 19.3 Å². The lowest BCUT2D eigenvalue weighted by atomic mass is 10.1. The monoisotopic (exact) mass is 415 g/mol. The highest BCUT2D eigenvalue weighted by atomic mass is 19.1. The fourth-order valence-electron chi connectivity index (χ4n) is 3.67. The predicted molar refractivity (Wildman–Crippen MR) is 106 cm³/mol. The van der Waals surface area contributed by atoms with E-state index in [2.05, 4.69) is 4.98 Å². The molecule has 1 aliphatic heterocycles. The highest BCUT2D eigenvalue weighted by Crippen LogP contribution is 2.26. The zero-order valence-corrected chi connectivity index (χ0v) is 16.3. The van der Waals surface area contributed by atoms with E-state index in [1.54, 1.807) is 11.8 Å². The van der Waals surface area contributed by atoms with Crippen molar-refractivity contribution in [3.63, 3.8) is 0 Å². The van der Waals surface area contributed by atoms with Gasteiger partial charge in [-0.1, -0.05) is 0 Å². The van der Waals surface area contributed by atoms with Crippen LogP contribution in [0.4, 0.5) is 14.6 Å². The number of aliphatic hydroxyl groups excluding tert-OH is 2. The Labute approximate surface area is 169 Å². The Kier molecular flexibility index (Phi) is 4.87. The second-order valence-corrected chi connectivity index (χ2v) is 7.46. The van der Waals surface area contributed by atoms with Crippen LogP contribution in [-0.4, -0.2) is 50.8 Å². The molecule has 0 aliphatic carbocycles. The van der Waals surface area contributed by atoms with Gasteiger partial charge in [0.2, 0.25) is 5.43 Å². The van der Waals surface area contributed by atoms with Crippen molar-refractivity contribution < 1.29 is 23.8 Å². The molecule has 0 unspecified atom stereocenters. The fourth-order valence-corrected chi connectivity index (χ4v) is 3.67. The van der Waals surface area contributed by atoms with E-state index in [9.17, 15) is 28.6 Å². The maximum Gasteiger partial charge on any atom is 0.201 e. The summed E-state index contributed by atoms with van der Waals surface area (Å²) in [6.07, 6.45) is -0.831. The number of fused-ring (bicyclic) bond motifs is 1. The summed E-state index contributed by atoms with van der Waals surface area (Å²) in [7, 11) is 0. The van der Waals surface area contributed by atoms with Crippen molar-refractivity contribution in [3.8, 4) is 5.69 Å². The first-order valence-electron chi connectivity index (χ1n) is 9.32. The van der Waals surface area contributed by atoms with E-state index in [0.29, 0.717) is 11.4 Å². The van der Waals surface area contributed by atoms with E-state index >= 15 is 0 Å². The van der Waals surface area contributed by atoms with E-state index in [-0.39, 0.29) is 29.7 Å². The number of Topliss-reactive ketones (excluding diaryl/α,β-unsaturated/α-hetero) is 1. The lowest BCUT2D eigenvalue weighted by Gasteiger charge is -2.19. The van der Waals surface area contributed by atoms with Crippen LogP contribution in [-0.2, 0) is 0 Å². The zero-order chi connectivity index (χ0) is 21.7. The number of ketones is 1. The van der Waals surface area contributed by atoms with Gasteiger partial charge in [-0.15, -0.1) is 0 Å². The normalized spacial score (nSPS) is 18.9. The number of benzene rings is 1. The van der Waals surface area contributed by atoms with Crippen molar-refractivity contribution >= 4 is 22.6 Å². The van der Waals surface area contributed by atoms with Crippen molar-refractivity contribution in [3.05, 3.63) is 63.4 Å². The minimum atomic E-state index is -0.961. The van der Waals surface area contributed by atoms with Crippen LogP contribution in [0.15, 0.2) is 35.3 Å². The quantitative estimate of drug-likeness (QED) is 0.633. The molecule has 2 N–H and O–H groups in total. The molecule has 4 rings (SSSR count). The lowest BCUT2D eigenvalue weighted by molar-refractivity contribution is 0.0572. The summed E-state index contributed by atoms with van der Waals surface area (Å²) in [6.45, 7) is 2.97. The van der Waals surface area contributed by atoms with Gasteiger partial charge in [0.25, 0.3) is 0 Å². The smallest absolute Gasteiger partial charge is 0.201 e. The molecule has 7 nitrogen and oxygen atoms in total. The van der Waals surface area contributed by atoms with Crippen LogP contribution in [0.3, 0.4) is 0 Å². The van der Waals surface area contributed by atoms with Crippen molar-refractivity contribution in [2.45, 2.75) is 26.1 Å². The number of nitrogens with zero attached hydrogens (tertiary/aromatic N) is 3. The topological polar surface area (TPSA) is 95.7 Å². The van der Waals surface area contributed by atoms with Crippen LogP contribution in [0.2, 0.25) is 0 Å². The molecule has 156 valence electrons. The summed E-state index contributed by atoms with van der Waals surface area (Å²) in [5.41, 5.74) is -0.940. The summed E-state index contributed by atoms with van der Waals surface area (Å²) >= 11 is 0. The second kappa shape index (κ2) is 7.26. The van der Waals surface area contributed by atoms with Gasteiger partial charge in [0.1, 0.15) is 11.5 Å². The van der Waals surface area contributed by atoms with Gasteiger partial charge >= 0.3 is 0 Å². The van der Waals surface area contributed by atoms with Gasteiger partial charge < -0.3 is 15.1 Å². The number of rotatable bonds is 3. The van der Waals surface area contributed by atoms with E-state index in [1.165, 1.54) is 19.1 Å². The molecule has 1 aliphatic rings. The third-order valence-corrected chi connectivity index (χ3v) is 5.20. The molecule has 0 radical (unpaired) electrons. The van der Waals surface area contributed by atoms with Crippen LogP contribution >= 0.6 is 0 Å². The van der Waals surface area contributed by atoms with E-state index in [0.717, 1.165) is 22.9 Å². The van der Waals surface area contributed by atoms with Gasteiger partial charge in [-0.2, -0.15) is 0 Å². The Hall–Kier alpha value is -3.17. The van der Waals surface area contributed by atoms with E-state index < -0.39 is 40.7 Å². The number of aryl methyl sites for hydroxylation is 1. The molecule has 0 bridgehead atoms. The molecule has 0 saturated carbocycles. The summed E-state index contributed by atoms with van der Waals surface area (Å²) in [5, 5.41) is 19.6. The van der Waals surface area contributed by atoms with Gasteiger partial charge in [-0.3, -0.25) is 14.2 Å². The fraction of sp³-hybridized carbons (Fsp3) is 0.286. The number of hydrogen-bond acceptors (Lipinski definition) is 6. The number of aliphatic hydroxyl groups is 2. The van der Waals surface area contributed by atoms with Crippen LogP contribution in [0.25, 0.3) is 16.7 Å². The number of halogens is 2. The highest BCUT2D eigenvalue weighted by Gasteiger charge is 2.31. The Morgan fingerprint density at radius 3 is 2.30 bits per heavy atom. The predicted octanol–water partition coefficient (Wildman–Crippen LogP) is 1.72. The van der Waals surface area contributed by atoms with Gasteiger partial charge in [-0.05, 0) is 43.7 Å². The largest absolute Gasteiger partial charge is 0.389 e. The van der Waals surface area contributed by atoms with E-state index in [4.69, 9.17) is 0 Å². The summed E-state index contributed by atoms with van der Waals surface area (Å²) in [4.78, 5) is 30.7. The average Bonchev–Trinajstić information content (AvgIpc) is 3.01. The first kappa shape index (κ1) is 20.1. The summed E-state index contributed by atoms with van der Waals surface area (Å²) in [6, 6.07) is 5.22. The van der Waals surface area contributed by atoms with Crippen molar-refractivity contribution in [2.75, 3.05) is 18.0 Å². The van der Waals surface area contributed by atoms with Crippen molar-refractivity contribution in [1.29, 1.82) is 0 Å². The Bertz CT molecular complexity index is 1210. The zero-order valence-electron chi connectivity index (χ0n) is 16.3. The molecule has 2 atom stereocenters. The number of β-amino-alcohol motifs (C(OH)–C–C–N with tert-alkyl or cyclic N) is 2. The maximum atomic E-state index is 14.7. The molecular formula is C21H19F2N3O4. The number of aromatic nitrogens is 2. The SMILES string of the molecule is CC(=O)c1cn(-c2c(F)cc(C)cc2F)c2nc(N3C[C@@H](O)[C@H](O)C3)ccc2c1=O. The first-order chi connectivity index (χ1) is 14.2. The number of pyridine rings is 2. The molecular weight excluding hydrogens is 396 g/mol. The molecule has 0 spiro atoms. The molecule has 1 fully saturated rings. The Morgan fingerprint density at radius 1 is 1.13 bits per heavy atom. The van der Waals surface area contributed by atoms with Crippen LogP contribution in [0, 0.1) is 18.6 Å². The van der Waals surface area contributed by atoms with Crippen molar-refractivity contribution in [1.82, 2.24) is 9.55 Å². The highest BCUT2D eigenvalue weighted by molar-refractivity contribution is 5.97. The minimum absolute atomic E-state index is 0.0196. The number of carbonyl (C=O) groups is 1. The number of carbonyl (C=O) groups excluding carboxylic acids is 1. The molecule has 0 amide bonds. The van der Waals surface area contributed by atoms with Crippen LogP contribution in [0.5, 0.6) is 0 Å². The molecule has 3 aromatic rings. The third-order valence-electron chi connectivity index (χ3n) is 5.20. The summed E-state index contributed by atoms with van der Waals surface area (Å²) in [5.74, 6) is -1.97.